The summed E-state index contributed by atoms with van der Waals surface area (Å²) in [5.74, 6) is -0.211. The summed E-state index contributed by atoms with van der Waals surface area (Å²) < 4.78 is 43.0. The fraction of sp³-hybridized carbons (Fsp3) is 0.375. The number of hydrogen-bond donors (Lipinski definition) is 1. The van der Waals surface area contributed by atoms with Crippen molar-refractivity contribution >= 4 is 21.7 Å². The number of carbonyl (C=O) groups excluding carboxylic acids is 1. The lowest BCUT2D eigenvalue weighted by Gasteiger charge is -2.34. The molecule has 1 saturated heterocycles. The molecule has 0 bridgehead atoms. The fourth-order valence-corrected chi connectivity index (χ4v) is 6.02. The van der Waals surface area contributed by atoms with Crippen molar-refractivity contribution in [3.8, 4) is 5.69 Å². The first kappa shape index (κ1) is 23.4. The maximum atomic E-state index is 14.3. The second kappa shape index (κ2) is 9.74. The van der Waals surface area contributed by atoms with Crippen LogP contribution in [0, 0.1) is 5.82 Å². The molecule has 5 rings (SSSR count). The zero-order chi connectivity index (χ0) is 24.4. The standard InChI is InChI=1S/C24H27FN6O3S/c25-19-7-1-2-8-21(19)31-20-9-5-6-18(20)23(28-31)24(32)27-12-17-35(33,34)30-15-13-29(14-16-30)22-10-3-4-11-26-22/h1-4,7-8,10-11H,5-6,9,12-17H2,(H,27,32). The highest BCUT2D eigenvalue weighted by Crippen LogP contribution is 2.28. The van der Waals surface area contributed by atoms with Gasteiger partial charge in [0, 0.05) is 50.2 Å². The number of benzene rings is 1. The van der Waals surface area contributed by atoms with Gasteiger partial charge >= 0.3 is 0 Å². The molecule has 0 saturated carbocycles. The number of aromatic nitrogens is 3. The summed E-state index contributed by atoms with van der Waals surface area (Å²) in [5.41, 5.74) is 2.18. The third kappa shape index (κ3) is 4.78. The van der Waals surface area contributed by atoms with Crippen molar-refractivity contribution in [1.82, 2.24) is 24.4 Å². The number of pyridine rings is 1. The molecule has 35 heavy (non-hydrogen) atoms. The lowest BCUT2D eigenvalue weighted by molar-refractivity contribution is 0.0949. The number of carbonyl (C=O) groups is 1. The number of hydrogen-bond acceptors (Lipinski definition) is 6. The van der Waals surface area contributed by atoms with Gasteiger partial charge in [0.25, 0.3) is 5.91 Å². The number of rotatable bonds is 7. The molecule has 1 aliphatic carbocycles. The van der Waals surface area contributed by atoms with Gasteiger partial charge in [0.15, 0.2) is 5.69 Å². The van der Waals surface area contributed by atoms with Crippen molar-refractivity contribution in [2.45, 2.75) is 19.3 Å². The third-order valence-corrected chi connectivity index (χ3v) is 8.35. The largest absolute Gasteiger partial charge is 0.354 e. The third-order valence-electron chi connectivity index (χ3n) is 6.48. The van der Waals surface area contributed by atoms with Crippen LogP contribution in [0.2, 0.25) is 0 Å². The monoisotopic (exact) mass is 498 g/mol. The SMILES string of the molecule is O=C(NCCS(=O)(=O)N1CCN(c2ccccn2)CC1)c1nn(-c2ccccc2F)c2c1CCC2. The van der Waals surface area contributed by atoms with E-state index < -0.39 is 21.7 Å². The van der Waals surface area contributed by atoms with E-state index in [1.165, 1.54) is 15.1 Å². The number of nitrogens with one attached hydrogen (secondary N) is 1. The second-order valence-electron chi connectivity index (χ2n) is 8.64. The molecule has 11 heteroatoms. The first-order valence-electron chi connectivity index (χ1n) is 11.7. The van der Waals surface area contributed by atoms with Crippen molar-refractivity contribution < 1.29 is 17.6 Å². The molecule has 1 fully saturated rings. The van der Waals surface area contributed by atoms with Gasteiger partial charge < -0.3 is 10.2 Å². The molecule has 0 atom stereocenters. The van der Waals surface area contributed by atoms with E-state index >= 15 is 0 Å². The summed E-state index contributed by atoms with van der Waals surface area (Å²) in [4.78, 5) is 19.3. The van der Waals surface area contributed by atoms with E-state index in [1.807, 2.05) is 18.2 Å². The van der Waals surface area contributed by atoms with Crippen molar-refractivity contribution in [1.29, 1.82) is 0 Å². The van der Waals surface area contributed by atoms with Crippen LogP contribution in [-0.4, -0.2) is 71.9 Å². The van der Waals surface area contributed by atoms with Crippen LogP contribution in [0.1, 0.15) is 28.2 Å². The van der Waals surface area contributed by atoms with Crippen LogP contribution >= 0.6 is 0 Å². The molecule has 2 aliphatic rings. The molecule has 3 aromatic rings. The first-order chi connectivity index (χ1) is 16.9. The summed E-state index contributed by atoms with van der Waals surface area (Å²) in [5, 5.41) is 7.10. The molecular formula is C24H27FN6O3S. The fourth-order valence-electron chi connectivity index (χ4n) is 4.69. The van der Waals surface area contributed by atoms with E-state index in [4.69, 9.17) is 0 Å². The number of nitrogens with zero attached hydrogens (tertiary/aromatic N) is 5. The van der Waals surface area contributed by atoms with Crippen LogP contribution in [0.3, 0.4) is 0 Å². The van der Waals surface area contributed by atoms with Gasteiger partial charge in [-0.2, -0.15) is 9.40 Å². The Morgan fingerprint density at radius 3 is 2.54 bits per heavy atom. The Labute approximate surface area is 203 Å². The highest BCUT2D eigenvalue weighted by atomic mass is 32.2. The predicted octanol–water partition coefficient (Wildman–Crippen LogP) is 1.78. The Morgan fingerprint density at radius 2 is 1.80 bits per heavy atom. The first-order valence-corrected chi connectivity index (χ1v) is 13.3. The van der Waals surface area contributed by atoms with Crippen LogP contribution in [0.4, 0.5) is 10.2 Å². The zero-order valence-electron chi connectivity index (χ0n) is 19.2. The van der Waals surface area contributed by atoms with Gasteiger partial charge in [-0.3, -0.25) is 4.79 Å². The molecule has 1 amide bonds. The van der Waals surface area contributed by atoms with Gasteiger partial charge in [0.1, 0.15) is 17.3 Å². The topological polar surface area (TPSA) is 100 Å². The van der Waals surface area contributed by atoms with Crippen LogP contribution in [0.15, 0.2) is 48.7 Å². The minimum absolute atomic E-state index is 0.0248. The number of fused-ring (bicyclic) bond motifs is 1. The Balaban J connectivity index is 1.20. The second-order valence-corrected chi connectivity index (χ2v) is 10.7. The summed E-state index contributed by atoms with van der Waals surface area (Å²) in [7, 11) is -3.53. The van der Waals surface area contributed by atoms with E-state index in [1.54, 1.807) is 24.4 Å². The molecule has 0 unspecified atom stereocenters. The van der Waals surface area contributed by atoms with Crippen LogP contribution in [0.5, 0.6) is 0 Å². The van der Waals surface area contributed by atoms with E-state index in [2.05, 4.69) is 20.3 Å². The number of halogens is 1. The van der Waals surface area contributed by atoms with E-state index in [9.17, 15) is 17.6 Å². The molecule has 184 valence electrons. The minimum atomic E-state index is -3.53. The van der Waals surface area contributed by atoms with Crippen molar-refractivity contribution in [3.63, 3.8) is 0 Å². The van der Waals surface area contributed by atoms with Crippen molar-refractivity contribution in [2.24, 2.45) is 0 Å². The summed E-state index contributed by atoms with van der Waals surface area (Å²) in [6.07, 6.45) is 3.98. The normalized spacial score (nSPS) is 16.3. The van der Waals surface area contributed by atoms with Gasteiger partial charge in [0.05, 0.1) is 5.75 Å². The van der Waals surface area contributed by atoms with Gasteiger partial charge in [-0.05, 0) is 43.5 Å². The van der Waals surface area contributed by atoms with Gasteiger partial charge in [-0.1, -0.05) is 18.2 Å². The highest BCUT2D eigenvalue weighted by Gasteiger charge is 2.29. The number of anilines is 1. The number of amides is 1. The smallest absolute Gasteiger partial charge is 0.272 e. The van der Waals surface area contributed by atoms with Crippen molar-refractivity contribution in [3.05, 3.63) is 71.4 Å². The lowest BCUT2D eigenvalue weighted by atomic mass is 10.2. The molecule has 1 N–H and O–H groups in total. The molecular weight excluding hydrogens is 471 g/mol. The number of piperazine rings is 1. The van der Waals surface area contributed by atoms with Gasteiger partial charge in [-0.15, -0.1) is 0 Å². The molecule has 1 aliphatic heterocycles. The van der Waals surface area contributed by atoms with Crippen molar-refractivity contribution in [2.75, 3.05) is 43.4 Å². The van der Waals surface area contributed by atoms with Gasteiger partial charge in [-0.25, -0.2) is 22.5 Å². The number of para-hydroxylation sites is 1. The summed E-state index contributed by atoms with van der Waals surface area (Å²) in [6, 6.07) is 12.0. The van der Waals surface area contributed by atoms with Crippen LogP contribution in [0.25, 0.3) is 5.69 Å². The van der Waals surface area contributed by atoms with Crippen LogP contribution in [-0.2, 0) is 22.9 Å². The van der Waals surface area contributed by atoms with Gasteiger partial charge in [0.2, 0.25) is 10.0 Å². The quantitative estimate of drug-likeness (QED) is 0.533. The van der Waals surface area contributed by atoms with E-state index in [0.29, 0.717) is 44.7 Å². The number of sulfonamides is 1. The lowest BCUT2D eigenvalue weighted by Crippen LogP contribution is -2.50. The van der Waals surface area contributed by atoms with Crippen LogP contribution < -0.4 is 10.2 Å². The average molecular weight is 499 g/mol. The Kier molecular flexibility index (Phi) is 6.52. The zero-order valence-corrected chi connectivity index (χ0v) is 20.0. The molecule has 9 nitrogen and oxygen atoms in total. The Bertz CT molecular complexity index is 1320. The average Bonchev–Trinajstić information content (AvgIpc) is 3.48. The highest BCUT2D eigenvalue weighted by molar-refractivity contribution is 7.89. The molecule has 3 heterocycles. The Morgan fingerprint density at radius 1 is 1.03 bits per heavy atom. The maximum absolute atomic E-state index is 14.3. The van der Waals surface area contributed by atoms with E-state index in [0.717, 1.165) is 23.5 Å². The van der Waals surface area contributed by atoms with E-state index in [-0.39, 0.29) is 18.0 Å². The summed E-state index contributed by atoms with van der Waals surface area (Å²) >= 11 is 0. The Hall–Kier alpha value is -3.31. The summed E-state index contributed by atoms with van der Waals surface area (Å²) in [6.45, 7) is 1.83. The minimum Gasteiger partial charge on any atom is -0.354 e. The molecule has 1 aromatic carbocycles. The molecule has 0 spiro atoms. The molecule has 2 aromatic heterocycles. The predicted molar refractivity (Wildman–Crippen MR) is 130 cm³/mol. The molecule has 0 radical (unpaired) electrons. The maximum Gasteiger partial charge on any atom is 0.272 e.